The number of methoxy groups -OCH3 is 1. The van der Waals surface area contributed by atoms with Crippen molar-refractivity contribution < 1.29 is 24.2 Å². The molecule has 1 heterocycles. The zero-order chi connectivity index (χ0) is 18.1. The van der Waals surface area contributed by atoms with Gasteiger partial charge in [-0.3, -0.25) is 4.79 Å². The van der Waals surface area contributed by atoms with Gasteiger partial charge in [0.25, 0.3) is 0 Å². The predicted molar refractivity (Wildman–Crippen MR) is 92.2 cm³/mol. The molecule has 0 radical (unpaired) electrons. The molecule has 4 N–H and O–H groups in total. The van der Waals surface area contributed by atoms with E-state index in [1.54, 1.807) is 7.11 Å². The van der Waals surface area contributed by atoms with Gasteiger partial charge >= 0.3 is 6.03 Å². The number of carbonyl (C=O) groups excluding carboxylic acids is 2. The van der Waals surface area contributed by atoms with Crippen molar-refractivity contribution in [1.82, 2.24) is 16.0 Å². The van der Waals surface area contributed by atoms with Crippen molar-refractivity contribution in [2.24, 2.45) is 0 Å². The zero-order valence-corrected chi connectivity index (χ0v) is 15.0. The Kier molecular flexibility index (Phi) is 8.43. The van der Waals surface area contributed by atoms with Gasteiger partial charge in [-0.1, -0.05) is 12.8 Å². The zero-order valence-electron chi connectivity index (χ0n) is 15.0. The Bertz CT molecular complexity index is 429. The van der Waals surface area contributed by atoms with Gasteiger partial charge in [-0.05, 0) is 25.7 Å². The van der Waals surface area contributed by atoms with Crippen molar-refractivity contribution in [3.8, 4) is 0 Å². The minimum absolute atomic E-state index is 0.0934. The topological polar surface area (TPSA) is 109 Å². The van der Waals surface area contributed by atoms with Crippen molar-refractivity contribution in [2.75, 3.05) is 26.9 Å². The molecular formula is C17H31N3O5. The lowest BCUT2D eigenvalue weighted by atomic mass is 9.97. The lowest BCUT2D eigenvalue weighted by molar-refractivity contribution is -0.130. The number of nitrogens with one attached hydrogen (secondary N) is 3. The summed E-state index contributed by atoms with van der Waals surface area (Å²) in [6.07, 6.45) is 5.24. The highest BCUT2D eigenvalue weighted by Gasteiger charge is 2.33. The first-order valence-corrected chi connectivity index (χ1v) is 9.21. The van der Waals surface area contributed by atoms with E-state index in [1.807, 2.05) is 0 Å². The molecule has 3 atom stereocenters. The number of hydrogen-bond acceptors (Lipinski definition) is 5. The maximum absolute atomic E-state index is 12.1. The average molecular weight is 357 g/mol. The Balaban J connectivity index is 1.72. The summed E-state index contributed by atoms with van der Waals surface area (Å²) in [5.74, 6) is -0.0934. The molecule has 1 aliphatic carbocycles. The Hall–Kier alpha value is -1.38. The van der Waals surface area contributed by atoms with Crippen LogP contribution in [-0.4, -0.2) is 68.2 Å². The number of aliphatic hydroxyl groups is 1. The maximum Gasteiger partial charge on any atom is 0.315 e. The molecule has 0 aromatic carbocycles. The van der Waals surface area contributed by atoms with Gasteiger partial charge in [0.1, 0.15) is 6.10 Å². The molecule has 1 saturated carbocycles. The minimum atomic E-state index is -0.486. The molecule has 8 heteroatoms. The third-order valence-corrected chi connectivity index (χ3v) is 4.84. The lowest BCUT2D eigenvalue weighted by Crippen LogP contribution is -2.54. The first kappa shape index (κ1) is 19.9. The molecule has 3 amide bonds. The first-order chi connectivity index (χ1) is 12.1. The normalized spacial score (nSPS) is 27.0. The Morgan fingerprint density at radius 2 is 1.92 bits per heavy atom. The van der Waals surface area contributed by atoms with E-state index in [-0.39, 0.29) is 43.2 Å². The van der Waals surface area contributed by atoms with Crippen LogP contribution in [0.4, 0.5) is 4.79 Å². The number of hydrogen-bond donors (Lipinski definition) is 4. The van der Waals surface area contributed by atoms with Crippen LogP contribution >= 0.6 is 0 Å². The lowest BCUT2D eigenvalue weighted by Gasteiger charge is -2.36. The van der Waals surface area contributed by atoms with Crippen molar-refractivity contribution in [3.05, 3.63) is 0 Å². The molecule has 2 aliphatic rings. The van der Waals surface area contributed by atoms with Crippen molar-refractivity contribution in [2.45, 2.75) is 69.2 Å². The van der Waals surface area contributed by atoms with Gasteiger partial charge in [-0.15, -0.1) is 0 Å². The summed E-state index contributed by atoms with van der Waals surface area (Å²) in [7, 11) is 1.58. The summed E-state index contributed by atoms with van der Waals surface area (Å²) in [5, 5.41) is 18.2. The van der Waals surface area contributed by atoms with Crippen molar-refractivity contribution >= 4 is 11.9 Å². The second kappa shape index (κ2) is 10.6. The van der Waals surface area contributed by atoms with E-state index in [4.69, 9.17) is 9.47 Å². The molecule has 0 unspecified atom stereocenters. The molecule has 1 aliphatic heterocycles. The van der Waals surface area contributed by atoms with Gasteiger partial charge in [0.2, 0.25) is 5.91 Å². The summed E-state index contributed by atoms with van der Waals surface area (Å²) in [5.41, 5.74) is 0. The molecule has 0 bridgehead atoms. The summed E-state index contributed by atoms with van der Waals surface area (Å²) in [6, 6.07) is -0.186. The fourth-order valence-corrected chi connectivity index (χ4v) is 3.48. The van der Waals surface area contributed by atoms with E-state index in [9.17, 15) is 14.7 Å². The Morgan fingerprint density at radius 3 is 2.60 bits per heavy atom. The van der Waals surface area contributed by atoms with Crippen LogP contribution in [0.1, 0.15) is 44.9 Å². The quantitative estimate of drug-likeness (QED) is 0.467. The second-order valence-electron chi connectivity index (χ2n) is 6.81. The largest absolute Gasteiger partial charge is 0.394 e. The Morgan fingerprint density at radius 1 is 1.16 bits per heavy atom. The summed E-state index contributed by atoms with van der Waals surface area (Å²) in [6.45, 7) is 0.756. The van der Waals surface area contributed by atoms with Crippen LogP contribution in [0, 0.1) is 0 Å². The highest BCUT2D eigenvalue weighted by Crippen LogP contribution is 2.22. The molecule has 1 saturated heterocycles. The number of carbonyl (C=O) groups is 2. The van der Waals surface area contributed by atoms with E-state index in [2.05, 4.69) is 16.0 Å². The smallest absolute Gasteiger partial charge is 0.315 e. The fraction of sp³-hybridized carbons (Fsp3) is 0.882. The number of aliphatic hydroxyl groups excluding tert-OH is 1. The summed E-state index contributed by atoms with van der Waals surface area (Å²) in [4.78, 5) is 23.9. The average Bonchev–Trinajstić information content (AvgIpc) is 3.09. The molecule has 2 fully saturated rings. The van der Waals surface area contributed by atoms with Crippen LogP contribution in [-0.2, 0) is 14.3 Å². The van der Waals surface area contributed by atoms with E-state index < -0.39 is 6.10 Å². The van der Waals surface area contributed by atoms with Crippen molar-refractivity contribution in [3.63, 3.8) is 0 Å². The standard InChI is InChI=1S/C17H31N3O5/c1-24-9-8-18-16(22)10-13-6-7-14(15(11-21)25-13)20-17(23)19-12-4-2-3-5-12/h12-15,21H,2-11H2,1H3,(H,18,22)(H2,19,20,23)/t13-,14-,15-/m1/s1. The van der Waals surface area contributed by atoms with E-state index in [1.165, 1.54) is 0 Å². The van der Waals surface area contributed by atoms with Gasteiger partial charge in [-0.25, -0.2) is 4.79 Å². The molecule has 0 aromatic rings. The van der Waals surface area contributed by atoms with Crippen LogP contribution < -0.4 is 16.0 Å². The van der Waals surface area contributed by atoms with Gasteiger partial charge in [0.05, 0.1) is 31.8 Å². The SMILES string of the molecule is COCCNC(=O)C[C@H]1CC[C@@H](NC(=O)NC2CCCC2)[C@@H](CO)O1. The highest BCUT2D eigenvalue weighted by molar-refractivity contribution is 5.76. The van der Waals surface area contributed by atoms with Crippen molar-refractivity contribution in [1.29, 1.82) is 0 Å². The van der Waals surface area contributed by atoms with Crippen LogP contribution in [0.25, 0.3) is 0 Å². The highest BCUT2D eigenvalue weighted by atomic mass is 16.5. The summed E-state index contributed by atoms with van der Waals surface area (Å²) < 4.78 is 10.7. The molecular weight excluding hydrogens is 326 g/mol. The van der Waals surface area contributed by atoms with E-state index in [0.717, 1.165) is 25.7 Å². The molecule has 0 aromatic heterocycles. The monoisotopic (exact) mass is 357 g/mol. The Labute approximate surface area is 149 Å². The molecule has 8 nitrogen and oxygen atoms in total. The minimum Gasteiger partial charge on any atom is -0.394 e. The van der Waals surface area contributed by atoms with Crippen LogP contribution in [0.5, 0.6) is 0 Å². The first-order valence-electron chi connectivity index (χ1n) is 9.21. The van der Waals surface area contributed by atoms with Gasteiger partial charge in [0, 0.05) is 19.7 Å². The summed E-state index contributed by atoms with van der Waals surface area (Å²) >= 11 is 0. The molecule has 0 spiro atoms. The fourth-order valence-electron chi connectivity index (χ4n) is 3.48. The van der Waals surface area contributed by atoms with Gasteiger partial charge in [0.15, 0.2) is 0 Å². The third-order valence-electron chi connectivity index (χ3n) is 4.84. The third kappa shape index (κ3) is 6.80. The van der Waals surface area contributed by atoms with Gasteiger partial charge in [-0.2, -0.15) is 0 Å². The predicted octanol–water partition coefficient (Wildman–Crippen LogP) is 0.289. The van der Waals surface area contributed by atoms with E-state index in [0.29, 0.717) is 26.0 Å². The number of urea groups is 1. The number of amides is 3. The maximum atomic E-state index is 12.1. The van der Waals surface area contributed by atoms with E-state index >= 15 is 0 Å². The van der Waals surface area contributed by atoms with Crippen LogP contribution in [0.2, 0.25) is 0 Å². The van der Waals surface area contributed by atoms with Crippen LogP contribution in [0.15, 0.2) is 0 Å². The number of ether oxygens (including phenoxy) is 2. The molecule has 25 heavy (non-hydrogen) atoms. The molecule has 144 valence electrons. The molecule has 2 rings (SSSR count). The van der Waals surface area contributed by atoms with Crippen LogP contribution in [0.3, 0.4) is 0 Å². The van der Waals surface area contributed by atoms with Gasteiger partial charge < -0.3 is 30.5 Å². The number of rotatable bonds is 8. The second-order valence-corrected chi connectivity index (χ2v) is 6.81.